The van der Waals surface area contributed by atoms with Crippen molar-refractivity contribution in [1.82, 2.24) is 9.36 Å². The summed E-state index contributed by atoms with van der Waals surface area (Å²) in [5.41, 5.74) is 2.01. The summed E-state index contributed by atoms with van der Waals surface area (Å²) in [6, 6.07) is 14.4. The van der Waals surface area contributed by atoms with Gasteiger partial charge in [-0.15, -0.1) is 0 Å². The van der Waals surface area contributed by atoms with Crippen LogP contribution < -0.4 is 5.56 Å². The summed E-state index contributed by atoms with van der Waals surface area (Å²) in [7, 11) is 1.82. The Labute approximate surface area is 131 Å². The van der Waals surface area contributed by atoms with Crippen LogP contribution in [0.25, 0.3) is 16.8 Å². The Morgan fingerprint density at radius 1 is 0.952 bits per heavy atom. The molecule has 3 rings (SSSR count). The fraction of sp³-hybridized carbons (Fsp3) is 0.0625. The maximum Gasteiger partial charge on any atom is 0.279 e. The lowest BCUT2D eigenvalue weighted by molar-refractivity contribution is 0.646. The topological polar surface area (TPSA) is 26.9 Å². The van der Waals surface area contributed by atoms with Crippen molar-refractivity contribution >= 4 is 23.2 Å². The van der Waals surface area contributed by atoms with Gasteiger partial charge in [0.15, 0.2) is 0 Å². The van der Waals surface area contributed by atoms with Crippen molar-refractivity contribution in [3.05, 3.63) is 75.1 Å². The third-order valence-electron chi connectivity index (χ3n) is 3.24. The SMILES string of the molecule is Cn1cc(-c2cccc(Cl)c2)c(=O)n1-c1cccc(Cl)c1. The number of aromatic nitrogens is 2. The lowest BCUT2D eigenvalue weighted by Gasteiger charge is -2.06. The van der Waals surface area contributed by atoms with Crippen LogP contribution >= 0.6 is 23.2 Å². The Morgan fingerprint density at radius 2 is 1.62 bits per heavy atom. The van der Waals surface area contributed by atoms with Crippen LogP contribution in [-0.4, -0.2) is 9.36 Å². The summed E-state index contributed by atoms with van der Waals surface area (Å²) in [5.74, 6) is 0. The van der Waals surface area contributed by atoms with Crippen LogP contribution in [0.4, 0.5) is 0 Å². The third kappa shape index (κ3) is 2.62. The zero-order chi connectivity index (χ0) is 15.0. The quantitative estimate of drug-likeness (QED) is 0.697. The van der Waals surface area contributed by atoms with Crippen LogP contribution in [0.1, 0.15) is 0 Å². The number of hydrogen-bond acceptors (Lipinski definition) is 1. The van der Waals surface area contributed by atoms with Gasteiger partial charge in [0.25, 0.3) is 5.56 Å². The standard InChI is InChI=1S/C16H12Cl2N2O/c1-19-10-15(11-4-2-5-12(17)8-11)16(21)20(19)14-7-3-6-13(18)9-14/h2-10H,1H3. The maximum atomic E-state index is 12.7. The Hall–Kier alpha value is -1.97. The van der Waals surface area contributed by atoms with Crippen LogP contribution in [-0.2, 0) is 7.05 Å². The maximum absolute atomic E-state index is 12.7. The molecule has 0 unspecified atom stereocenters. The van der Waals surface area contributed by atoms with Crippen molar-refractivity contribution in [2.24, 2.45) is 7.05 Å². The Balaban J connectivity index is 2.20. The van der Waals surface area contributed by atoms with E-state index < -0.39 is 0 Å². The van der Waals surface area contributed by atoms with Crippen molar-refractivity contribution in [3.63, 3.8) is 0 Å². The predicted octanol–water partition coefficient (Wildman–Crippen LogP) is 4.15. The molecule has 3 nitrogen and oxygen atoms in total. The summed E-state index contributed by atoms with van der Waals surface area (Å²) >= 11 is 12.0. The molecular weight excluding hydrogens is 307 g/mol. The molecule has 1 aromatic heterocycles. The number of benzene rings is 2. The van der Waals surface area contributed by atoms with Crippen molar-refractivity contribution in [2.45, 2.75) is 0 Å². The van der Waals surface area contributed by atoms with E-state index >= 15 is 0 Å². The van der Waals surface area contributed by atoms with Gasteiger partial charge in [-0.05, 0) is 35.9 Å². The molecule has 5 heteroatoms. The molecule has 0 atom stereocenters. The molecule has 0 saturated heterocycles. The molecule has 0 amide bonds. The molecule has 0 bridgehead atoms. The summed E-state index contributed by atoms with van der Waals surface area (Å²) in [5, 5.41) is 1.19. The third-order valence-corrected chi connectivity index (χ3v) is 3.71. The molecule has 0 saturated carbocycles. The molecule has 0 spiro atoms. The van der Waals surface area contributed by atoms with Crippen LogP contribution in [0.15, 0.2) is 59.5 Å². The molecule has 0 N–H and O–H groups in total. The van der Waals surface area contributed by atoms with E-state index in [4.69, 9.17) is 23.2 Å². The van der Waals surface area contributed by atoms with Gasteiger partial charge in [-0.1, -0.05) is 41.4 Å². The monoisotopic (exact) mass is 318 g/mol. The van der Waals surface area contributed by atoms with E-state index in [9.17, 15) is 4.79 Å². The Morgan fingerprint density at radius 3 is 2.29 bits per heavy atom. The van der Waals surface area contributed by atoms with E-state index in [0.29, 0.717) is 15.6 Å². The van der Waals surface area contributed by atoms with Crippen LogP contribution in [0.3, 0.4) is 0 Å². The molecular formula is C16H12Cl2N2O. The summed E-state index contributed by atoms with van der Waals surface area (Å²) in [4.78, 5) is 12.7. The Bertz CT molecular complexity index is 865. The molecule has 0 aliphatic carbocycles. The number of halogens is 2. The van der Waals surface area contributed by atoms with E-state index in [-0.39, 0.29) is 5.56 Å². The predicted molar refractivity (Wildman–Crippen MR) is 86.5 cm³/mol. The fourth-order valence-electron chi connectivity index (χ4n) is 2.32. The van der Waals surface area contributed by atoms with Gasteiger partial charge in [0.05, 0.1) is 11.3 Å². The van der Waals surface area contributed by atoms with E-state index in [2.05, 4.69) is 0 Å². The number of hydrogen-bond donors (Lipinski definition) is 0. The van der Waals surface area contributed by atoms with E-state index in [0.717, 1.165) is 11.3 Å². The molecule has 0 fully saturated rings. The summed E-state index contributed by atoms with van der Waals surface area (Å²) in [6.07, 6.45) is 1.79. The highest BCUT2D eigenvalue weighted by atomic mass is 35.5. The molecule has 0 aliphatic rings. The molecule has 0 radical (unpaired) electrons. The molecule has 3 aromatic rings. The van der Waals surface area contributed by atoms with Gasteiger partial charge < -0.3 is 0 Å². The lowest BCUT2D eigenvalue weighted by atomic mass is 10.1. The minimum Gasteiger partial charge on any atom is -0.288 e. The fourth-order valence-corrected chi connectivity index (χ4v) is 2.69. The van der Waals surface area contributed by atoms with Gasteiger partial charge in [-0.3, -0.25) is 9.48 Å². The normalized spacial score (nSPS) is 10.8. The first kappa shape index (κ1) is 14.0. The zero-order valence-corrected chi connectivity index (χ0v) is 12.8. The molecule has 21 heavy (non-hydrogen) atoms. The van der Waals surface area contributed by atoms with Crippen molar-refractivity contribution in [1.29, 1.82) is 0 Å². The number of rotatable bonds is 2. The summed E-state index contributed by atoms with van der Waals surface area (Å²) < 4.78 is 3.31. The van der Waals surface area contributed by atoms with Gasteiger partial charge >= 0.3 is 0 Å². The smallest absolute Gasteiger partial charge is 0.279 e. The van der Waals surface area contributed by atoms with Crippen molar-refractivity contribution in [2.75, 3.05) is 0 Å². The van der Waals surface area contributed by atoms with Crippen molar-refractivity contribution in [3.8, 4) is 16.8 Å². The highest BCUT2D eigenvalue weighted by molar-refractivity contribution is 6.31. The molecule has 2 aromatic carbocycles. The first-order valence-electron chi connectivity index (χ1n) is 6.37. The number of nitrogens with zero attached hydrogens (tertiary/aromatic N) is 2. The average molecular weight is 319 g/mol. The highest BCUT2D eigenvalue weighted by Crippen LogP contribution is 2.21. The molecule has 1 heterocycles. The van der Waals surface area contributed by atoms with Gasteiger partial charge in [0.2, 0.25) is 0 Å². The lowest BCUT2D eigenvalue weighted by Crippen LogP contribution is -2.19. The second kappa shape index (κ2) is 5.43. The second-order valence-corrected chi connectivity index (χ2v) is 5.60. The zero-order valence-electron chi connectivity index (χ0n) is 11.3. The van der Waals surface area contributed by atoms with Crippen LogP contribution in [0, 0.1) is 0 Å². The first-order chi connectivity index (χ1) is 10.1. The van der Waals surface area contributed by atoms with E-state index in [1.165, 1.54) is 0 Å². The molecule has 106 valence electrons. The van der Waals surface area contributed by atoms with E-state index in [1.807, 2.05) is 31.3 Å². The second-order valence-electron chi connectivity index (χ2n) is 4.72. The van der Waals surface area contributed by atoms with Crippen molar-refractivity contribution < 1.29 is 0 Å². The largest absolute Gasteiger partial charge is 0.288 e. The van der Waals surface area contributed by atoms with Gasteiger partial charge in [0.1, 0.15) is 0 Å². The molecule has 0 aliphatic heterocycles. The average Bonchev–Trinajstić information content (AvgIpc) is 2.74. The first-order valence-corrected chi connectivity index (χ1v) is 7.12. The minimum absolute atomic E-state index is 0.109. The van der Waals surface area contributed by atoms with Gasteiger partial charge in [0, 0.05) is 23.3 Å². The summed E-state index contributed by atoms with van der Waals surface area (Å²) in [6.45, 7) is 0. The van der Waals surface area contributed by atoms with Gasteiger partial charge in [-0.25, -0.2) is 4.68 Å². The van der Waals surface area contributed by atoms with Gasteiger partial charge in [-0.2, -0.15) is 0 Å². The number of aryl methyl sites for hydroxylation is 1. The van der Waals surface area contributed by atoms with E-state index in [1.54, 1.807) is 39.8 Å². The highest BCUT2D eigenvalue weighted by Gasteiger charge is 2.13. The van der Waals surface area contributed by atoms with Crippen LogP contribution in [0.2, 0.25) is 10.0 Å². The Kier molecular flexibility index (Phi) is 3.62. The van der Waals surface area contributed by atoms with Crippen LogP contribution in [0.5, 0.6) is 0 Å². The minimum atomic E-state index is -0.109.